The average molecular weight is 332 g/mol. The van der Waals surface area contributed by atoms with Crippen molar-refractivity contribution in [1.82, 2.24) is 14.1 Å². The summed E-state index contributed by atoms with van der Waals surface area (Å²) in [6.45, 7) is 5.46. The first-order valence-corrected chi connectivity index (χ1v) is 9.52. The molecular formula is C14H22ClN3O2S. The number of fused-ring (bicyclic) bond motifs is 1. The summed E-state index contributed by atoms with van der Waals surface area (Å²) in [4.78, 5) is 0.382. The van der Waals surface area contributed by atoms with Gasteiger partial charge in [-0.2, -0.15) is 9.40 Å². The lowest BCUT2D eigenvalue weighted by atomic mass is 10.0. The Morgan fingerprint density at radius 1 is 1.24 bits per heavy atom. The van der Waals surface area contributed by atoms with Gasteiger partial charge in [-0.3, -0.25) is 4.68 Å². The topological polar surface area (TPSA) is 55.2 Å². The molecule has 1 aromatic rings. The van der Waals surface area contributed by atoms with Crippen LogP contribution in [0.3, 0.4) is 0 Å². The van der Waals surface area contributed by atoms with Crippen LogP contribution in [0, 0.1) is 25.7 Å². The van der Waals surface area contributed by atoms with E-state index in [1.807, 2.05) is 6.92 Å². The van der Waals surface area contributed by atoms with E-state index in [1.54, 1.807) is 15.9 Å². The fraction of sp³-hybridized carbons (Fsp3) is 0.786. The van der Waals surface area contributed by atoms with E-state index in [2.05, 4.69) is 5.10 Å². The molecule has 5 nitrogen and oxygen atoms in total. The van der Waals surface area contributed by atoms with Crippen LogP contribution in [0.15, 0.2) is 4.90 Å². The van der Waals surface area contributed by atoms with Crippen LogP contribution in [0.2, 0.25) is 0 Å². The maximum Gasteiger partial charge on any atom is 0.246 e. The molecule has 0 N–H and O–H groups in total. The Morgan fingerprint density at radius 2 is 1.86 bits per heavy atom. The molecule has 1 saturated carbocycles. The van der Waals surface area contributed by atoms with Gasteiger partial charge < -0.3 is 0 Å². The van der Waals surface area contributed by atoms with Crippen LogP contribution in [0.1, 0.15) is 30.7 Å². The van der Waals surface area contributed by atoms with Crippen LogP contribution in [-0.4, -0.2) is 41.5 Å². The van der Waals surface area contributed by atoms with Crippen molar-refractivity contribution < 1.29 is 8.42 Å². The van der Waals surface area contributed by atoms with Crippen LogP contribution in [0.25, 0.3) is 0 Å². The molecule has 2 heterocycles. The quantitative estimate of drug-likeness (QED) is 0.794. The van der Waals surface area contributed by atoms with E-state index < -0.39 is 10.0 Å². The lowest BCUT2D eigenvalue weighted by Crippen LogP contribution is -2.30. The van der Waals surface area contributed by atoms with Gasteiger partial charge in [0.15, 0.2) is 0 Å². The molecule has 0 aromatic carbocycles. The summed E-state index contributed by atoms with van der Waals surface area (Å²) < 4.78 is 29.3. The van der Waals surface area contributed by atoms with E-state index in [-0.39, 0.29) is 0 Å². The van der Waals surface area contributed by atoms with Gasteiger partial charge in [0.1, 0.15) is 4.90 Å². The summed E-state index contributed by atoms with van der Waals surface area (Å²) in [5, 5.41) is 4.34. The Labute approximate surface area is 131 Å². The van der Waals surface area contributed by atoms with Gasteiger partial charge in [0.05, 0.1) is 17.9 Å². The average Bonchev–Trinajstić information content (AvgIpc) is 3.04. The van der Waals surface area contributed by atoms with Crippen LogP contribution in [0.4, 0.5) is 0 Å². The number of hydrogen-bond acceptors (Lipinski definition) is 3. The first-order valence-electron chi connectivity index (χ1n) is 7.55. The van der Waals surface area contributed by atoms with Crippen LogP contribution >= 0.6 is 11.6 Å². The van der Waals surface area contributed by atoms with Crippen molar-refractivity contribution in [2.24, 2.45) is 11.8 Å². The highest BCUT2D eigenvalue weighted by atomic mass is 35.5. The molecule has 0 spiro atoms. The van der Waals surface area contributed by atoms with Gasteiger partial charge in [-0.1, -0.05) is 6.42 Å². The summed E-state index contributed by atoms with van der Waals surface area (Å²) in [6.07, 6.45) is 3.58. The van der Waals surface area contributed by atoms with Crippen molar-refractivity contribution in [3.8, 4) is 0 Å². The standard InChI is InChI=1S/C14H22ClN3O2S/c1-10-14(11(2)18(16-10)7-6-15)21(19,20)17-8-12-4-3-5-13(12)9-17/h12-13H,3-9H2,1-2H3. The molecule has 1 saturated heterocycles. The number of aryl methyl sites for hydroxylation is 2. The zero-order chi connectivity index (χ0) is 15.2. The molecule has 2 unspecified atom stereocenters. The molecule has 0 amide bonds. The molecule has 2 atom stereocenters. The summed E-state index contributed by atoms with van der Waals surface area (Å²) in [5.74, 6) is 1.53. The Hall–Kier alpha value is -0.590. The third-order valence-electron chi connectivity index (χ3n) is 4.90. The number of halogens is 1. The maximum atomic E-state index is 13.0. The van der Waals surface area contributed by atoms with Gasteiger partial charge in [-0.25, -0.2) is 8.42 Å². The fourth-order valence-corrected chi connectivity index (χ4v) is 5.96. The van der Waals surface area contributed by atoms with E-state index >= 15 is 0 Å². The number of alkyl halides is 1. The Morgan fingerprint density at radius 3 is 2.43 bits per heavy atom. The molecule has 2 aliphatic rings. The minimum Gasteiger partial charge on any atom is -0.267 e. The number of aromatic nitrogens is 2. The van der Waals surface area contributed by atoms with Gasteiger partial charge in [-0.15, -0.1) is 11.6 Å². The van der Waals surface area contributed by atoms with Crippen LogP contribution in [0.5, 0.6) is 0 Å². The Balaban J connectivity index is 1.92. The molecule has 0 bridgehead atoms. The highest BCUT2D eigenvalue weighted by Crippen LogP contribution is 2.40. The van der Waals surface area contributed by atoms with Crippen molar-refractivity contribution in [1.29, 1.82) is 0 Å². The van der Waals surface area contributed by atoms with Crippen molar-refractivity contribution in [3.05, 3.63) is 11.4 Å². The normalized spacial score (nSPS) is 26.4. The Bertz CT molecular complexity index is 629. The van der Waals surface area contributed by atoms with E-state index in [0.29, 0.717) is 53.6 Å². The van der Waals surface area contributed by atoms with E-state index in [0.717, 1.165) is 0 Å². The molecule has 1 aromatic heterocycles. The van der Waals surface area contributed by atoms with Gasteiger partial charge in [0.2, 0.25) is 10.0 Å². The van der Waals surface area contributed by atoms with E-state index in [1.165, 1.54) is 19.3 Å². The van der Waals surface area contributed by atoms with Gasteiger partial charge in [0.25, 0.3) is 0 Å². The molecule has 3 rings (SSSR count). The van der Waals surface area contributed by atoms with Crippen molar-refractivity contribution >= 4 is 21.6 Å². The predicted octanol–water partition coefficient (Wildman–Crippen LogP) is 2.16. The molecule has 1 aliphatic carbocycles. The lowest BCUT2D eigenvalue weighted by Gasteiger charge is -2.17. The monoisotopic (exact) mass is 331 g/mol. The number of rotatable bonds is 4. The minimum absolute atomic E-state index is 0.382. The lowest BCUT2D eigenvalue weighted by molar-refractivity contribution is 0.444. The summed E-state index contributed by atoms with van der Waals surface area (Å²) in [6, 6.07) is 0. The molecule has 2 fully saturated rings. The SMILES string of the molecule is Cc1nn(CCCl)c(C)c1S(=O)(=O)N1CC2CCCC2C1. The number of nitrogens with zero attached hydrogens (tertiary/aromatic N) is 3. The number of hydrogen-bond donors (Lipinski definition) is 0. The molecule has 1 aliphatic heterocycles. The van der Waals surface area contributed by atoms with Crippen molar-refractivity contribution in [3.63, 3.8) is 0 Å². The largest absolute Gasteiger partial charge is 0.267 e. The molecular weight excluding hydrogens is 310 g/mol. The maximum absolute atomic E-state index is 13.0. The molecule has 118 valence electrons. The summed E-state index contributed by atoms with van der Waals surface area (Å²) in [7, 11) is -3.43. The molecule has 0 radical (unpaired) electrons. The second-order valence-electron chi connectivity index (χ2n) is 6.19. The van der Waals surface area contributed by atoms with Gasteiger partial charge >= 0.3 is 0 Å². The second-order valence-corrected chi connectivity index (χ2v) is 8.44. The predicted molar refractivity (Wildman–Crippen MR) is 82.0 cm³/mol. The fourth-order valence-electron chi connectivity index (χ4n) is 3.87. The highest BCUT2D eigenvalue weighted by Gasteiger charge is 2.42. The van der Waals surface area contributed by atoms with Crippen molar-refractivity contribution in [2.45, 2.75) is 44.6 Å². The summed E-state index contributed by atoms with van der Waals surface area (Å²) >= 11 is 5.75. The second kappa shape index (κ2) is 5.56. The third kappa shape index (κ3) is 2.51. The minimum atomic E-state index is -3.43. The van der Waals surface area contributed by atoms with Gasteiger partial charge in [0, 0.05) is 19.0 Å². The van der Waals surface area contributed by atoms with Crippen molar-refractivity contribution in [2.75, 3.05) is 19.0 Å². The molecule has 21 heavy (non-hydrogen) atoms. The third-order valence-corrected chi connectivity index (χ3v) is 7.16. The van der Waals surface area contributed by atoms with Gasteiger partial charge in [-0.05, 0) is 38.5 Å². The summed E-state index contributed by atoms with van der Waals surface area (Å²) in [5.41, 5.74) is 1.28. The van der Waals surface area contributed by atoms with E-state index in [4.69, 9.17) is 11.6 Å². The smallest absolute Gasteiger partial charge is 0.246 e. The zero-order valence-corrected chi connectivity index (χ0v) is 14.1. The van der Waals surface area contributed by atoms with Crippen LogP contribution < -0.4 is 0 Å². The Kier molecular flexibility index (Phi) is 4.05. The first-order chi connectivity index (χ1) is 9.95. The number of sulfonamides is 1. The highest BCUT2D eigenvalue weighted by molar-refractivity contribution is 7.89. The zero-order valence-electron chi connectivity index (χ0n) is 12.5. The van der Waals surface area contributed by atoms with E-state index in [9.17, 15) is 8.42 Å². The first kappa shape index (κ1) is 15.3. The van der Waals surface area contributed by atoms with Crippen LogP contribution in [-0.2, 0) is 16.6 Å². The molecule has 7 heteroatoms.